The van der Waals surface area contributed by atoms with Gasteiger partial charge in [-0.25, -0.2) is 14.8 Å². The van der Waals surface area contributed by atoms with Crippen molar-refractivity contribution in [1.29, 1.82) is 0 Å². The molecule has 7 nitrogen and oxygen atoms in total. The zero-order valence-electron chi connectivity index (χ0n) is 17.3. The Kier molecular flexibility index (Phi) is 7.39. The zero-order chi connectivity index (χ0) is 21.8. The van der Waals surface area contributed by atoms with Gasteiger partial charge < -0.3 is 20.6 Å². The summed E-state index contributed by atoms with van der Waals surface area (Å²) >= 11 is 12.2. The van der Waals surface area contributed by atoms with Crippen LogP contribution >= 0.6 is 23.2 Å². The summed E-state index contributed by atoms with van der Waals surface area (Å²) in [5, 5.41) is 16.3. The van der Waals surface area contributed by atoms with Crippen LogP contribution in [0.25, 0.3) is 0 Å². The molecule has 0 fully saturated rings. The molecule has 2 atom stereocenters. The Bertz CT molecular complexity index is 909. The summed E-state index contributed by atoms with van der Waals surface area (Å²) in [7, 11) is 0. The molecule has 2 amide bonds. The van der Waals surface area contributed by atoms with Crippen molar-refractivity contribution in [1.82, 2.24) is 20.2 Å². The van der Waals surface area contributed by atoms with Gasteiger partial charge in [-0.2, -0.15) is 0 Å². The largest absolute Gasteiger partial charge is 0.394 e. The second kappa shape index (κ2) is 9.81. The SMILES string of the molecule is CC(C)[C@H](NC(=O)N1CCc2cnc(N[C@@H](C)CO)nc2C1)c1ccc(Cl)c(Cl)c1. The summed E-state index contributed by atoms with van der Waals surface area (Å²) in [5.74, 6) is 0.620. The van der Waals surface area contributed by atoms with E-state index in [1.54, 1.807) is 23.2 Å². The van der Waals surface area contributed by atoms with Crippen molar-refractivity contribution in [2.75, 3.05) is 18.5 Å². The molecule has 3 rings (SSSR count). The summed E-state index contributed by atoms with van der Waals surface area (Å²) in [4.78, 5) is 23.6. The van der Waals surface area contributed by atoms with Crippen molar-refractivity contribution in [2.24, 2.45) is 5.92 Å². The zero-order valence-corrected chi connectivity index (χ0v) is 18.8. The van der Waals surface area contributed by atoms with Crippen LogP contribution < -0.4 is 10.6 Å². The minimum atomic E-state index is -0.193. The minimum absolute atomic E-state index is 0.0136. The molecular formula is C21H27Cl2N5O2. The first-order chi connectivity index (χ1) is 14.3. The van der Waals surface area contributed by atoms with Crippen LogP contribution in [-0.2, 0) is 13.0 Å². The molecule has 1 aliphatic heterocycles. The molecule has 1 aliphatic rings. The number of nitrogens with zero attached hydrogens (tertiary/aromatic N) is 3. The molecule has 0 aliphatic carbocycles. The number of halogens is 2. The number of rotatable bonds is 6. The first-order valence-corrected chi connectivity index (χ1v) is 10.8. The predicted molar refractivity (Wildman–Crippen MR) is 119 cm³/mol. The van der Waals surface area contributed by atoms with Crippen LogP contribution in [0.15, 0.2) is 24.4 Å². The molecule has 162 valence electrons. The molecular weight excluding hydrogens is 425 g/mol. The van der Waals surface area contributed by atoms with E-state index in [1.165, 1.54) is 0 Å². The highest BCUT2D eigenvalue weighted by Gasteiger charge is 2.26. The quantitative estimate of drug-likeness (QED) is 0.616. The number of aliphatic hydroxyl groups is 1. The lowest BCUT2D eigenvalue weighted by Gasteiger charge is -2.31. The maximum atomic E-state index is 13.0. The number of carbonyl (C=O) groups is 1. The van der Waals surface area contributed by atoms with E-state index < -0.39 is 0 Å². The standard InChI is InChI=1S/C21H27Cl2N5O2/c1-12(2)19(14-4-5-16(22)17(23)8-14)27-21(30)28-7-6-15-9-24-20(25-13(3)11-29)26-18(15)10-28/h4-5,8-9,12-13,19,29H,6-7,10-11H2,1-3H3,(H,27,30)(H,24,25,26)/t13-,19-/m0/s1. The number of hydrogen-bond acceptors (Lipinski definition) is 5. The fourth-order valence-electron chi connectivity index (χ4n) is 3.38. The first-order valence-electron chi connectivity index (χ1n) is 10.0. The van der Waals surface area contributed by atoms with E-state index in [4.69, 9.17) is 23.2 Å². The molecule has 9 heteroatoms. The predicted octanol–water partition coefficient (Wildman–Crippen LogP) is 4.04. The van der Waals surface area contributed by atoms with Gasteiger partial charge in [0.05, 0.1) is 34.9 Å². The number of fused-ring (bicyclic) bond motifs is 1. The maximum absolute atomic E-state index is 13.0. The molecule has 0 radical (unpaired) electrons. The Hall–Kier alpha value is -2.09. The molecule has 0 saturated heterocycles. The summed E-state index contributed by atoms with van der Waals surface area (Å²) in [6.07, 6.45) is 2.48. The van der Waals surface area contributed by atoms with E-state index in [0.717, 1.165) is 16.8 Å². The molecule has 1 aromatic carbocycles. The normalized spacial score (nSPS) is 15.5. The van der Waals surface area contributed by atoms with Gasteiger partial charge in [0, 0.05) is 18.8 Å². The Morgan fingerprint density at radius 3 is 2.70 bits per heavy atom. The molecule has 1 aromatic heterocycles. The maximum Gasteiger partial charge on any atom is 0.318 e. The van der Waals surface area contributed by atoms with E-state index in [-0.39, 0.29) is 30.6 Å². The van der Waals surface area contributed by atoms with Gasteiger partial charge in [0.1, 0.15) is 0 Å². The highest BCUT2D eigenvalue weighted by molar-refractivity contribution is 6.42. The van der Waals surface area contributed by atoms with Gasteiger partial charge in [-0.1, -0.05) is 43.1 Å². The number of urea groups is 1. The van der Waals surface area contributed by atoms with Crippen molar-refractivity contribution in [3.8, 4) is 0 Å². The summed E-state index contributed by atoms with van der Waals surface area (Å²) in [5.41, 5.74) is 2.76. The van der Waals surface area contributed by atoms with Crippen molar-refractivity contribution < 1.29 is 9.90 Å². The van der Waals surface area contributed by atoms with Crippen LogP contribution in [0, 0.1) is 5.92 Å². The Balaban J connectivity index is 1.72. The number of anilines is 1. The summed E-state index contributed by atoms with van der Waals surface area (Å²) < 4.78 is 0. The van der Waals surface area contributed by atoms with Crippen LogP contribution in [0.2, 0.25) is 10.0 Å². The number of nitrogens with one attached hydrogen (secondary N) is 2. The van der Waals surface area contributed by atoms with E-state index in [9.17, 15) is 9.90 Å². The lowest BCUT2D eigenvalue weighted by Crippen LogP contribution is -2.45. The smallest absolute Gasteiger partial charge is 0.318 e. The lowest BCUT2D eigenvalue weighted by atomic mass is 9.96. The van der Waals surface area contributed by atoms with Crippen molar-refractivity contribution in [2.45, 2.75) is 45.8 Å². The van der Waals surface area contributed by atoms with Gasteiger partial charge in [0.15, 0.2) is 0 Å². The molecule has 0 saturated carbocycles. The van der Waals surface area contributed by atoms with Gasteiger partial charge in [-0.3, -0.25) is 0 Å². The topological polar surface area (TPSA) is 90.4 Å². The number of aromatic nitrogens is 2. The Labute approximate surface area is 186 Å². The van der Waals surface area contributed by atoms with Crippen molar-refractivity contribution in [3.05, 3.63) is 51.3 Å². The van der Waals surface area contributed by atoms with Crippen LogP contribution in [0.4, 0.5) is 10.7 Å². The number of carbonyl (C=O) groups excluding carboxylic acids is 1. The second-order valence-electron chi connectivity index (χ2n) is 7.91. The number of aliphatic hydroxyl groups excluding tert-OH is 1. The van der Waals surface area contributed by atoms with E-state index in [1.807, 2.05) is 26.8 Å². The van der Waals surface area contributed by atoms with Crippen LogP contribution in [-0.4, -0.2) is 45.2 Å². The van der Waals surface area contributed by atoms with Crippen LogP contribution in [0.3, 0.4) is 0 Å². The van der Waals surface area contributed by atoms with Crippen molar-refractivity contribution in [3.63, 3.8) is 0 Å². The monoisotopic (exact) mass is 451 g/mol. The third-order valence-electron chi connectivity index (χ3n) is 5.13. The van der Waals surface area contributed by atoms with Gasteiger partial charge in [-0.15, -0.1) is 0 Å². The van der Waals surface area contributed by atoms with E-state index in [0.29, 0.717) is 35.5 Å². The molecule has 0 spiro atoms. The first kappa shape index (κ1) is 22.6. The average Bonchev–Trinajstić information content (AvgIpc) is 2.73. The van der Waals surface area contributed by atoms with Crippen molar-refractivity contribution >= 4 is 35.2 Å². The molecule has 2 heterocycles. The highest BCUT2D eigenvalue weighted by Crippen LogP contribution is 2.29. The van der Waals surface area contributed by atoms with Gasteiger partial charge in [0.25, 0.3) is 0 Å². The second-order valence-corrected chi connectivity index (χ2v) is 8.72. The fraction of sp³-hybridized carbons (Fsp3) is 0.476. The third-order valence-corrected chi connectivity index (χ3v) is 5.87. The Morgan fingerprint density at radius 1 is 1.27 bits per heavy atom. The molecule has 3 N–H and O–H groups in total. The number of hydrogen-bond donors (Lipinski definition) is 3. The average molecular weight is 452 g/mol. The minimum Gasteiger partial charge on any atom is -0.394 e. The molecule has 30 heavy (non-hydrogen) atoms. The molecule has 0 unspecified atom stereocenters. The third kappa shape index (κ3) is 5.33. The molecule has 0 bridgehead atoms. The summed E-state index contributed by atoms with van der Waals surface area (Å²) in [6.45, 7) is 6.92. The lowest BCUT2D eigenvalue weighted by molar-refractivity contribution is 0.183. The van der Waals surface area contributed by atoms with E-state index in [2.05, 4.69) is 20.6 Å². The van der Waals surface area contributed by atoms with Gasteiger partial charge in [0.2, 0.25) is 5.95 Å². The van der Waals surface area contributed by atoms with Crippen LogP contribution in [0.5, 0.6) is 0 Å². The van der Waals surface area contributed by atoms with E-state index >= 15 is 0 Å². The van der Waals surface area contributed by atoms with Gasteiger partial charge >= 0.3 is 6.03 Å². The Morgan fingerprint density at radius 2 is 2.03 bits per heavy atom. The highest BCUT2D eigenvalue weighted by atomic mass is 35.5. The number of amides is 2. The molecule has 2 aromatic rings. The van der Waals surface area contributed by atoms with Gasteiger partial charge in [-0.05, 0) is 42.5 Å². The fourth-order valence-corrected chi connectivity index (χ4v) is 3.68. The number of benzene rings is 1. The summed E-state index contributed by atoms with van der Waals surface area (Å²) in [6, 6.07) is 4.94. The van der Waals surface area contributed by atoms with Crippen LogP contribution in [0.1, 0.15) is 43.6 Å².